The maximum absolute atomic E-state index is 4.22. The molecule has 0 spiro atoms. The van der Waals surface area contributed by atoms with Crippen molar-refractivity contribution in [3.05, 3.63) is 369 Å². The number of rotatable bonds is 9. The van der Waals surface area contributed by atoms with Gasteiger partial charge in [0.1, 0.15) is 0 Å². The average Bonchev–Trinajstić information content (AvgIpc) is 1.65. The van der Waals surface area contributed by atoms with E-state index >= 15 is 0 Å². The molecule has 0 saturated heterocycles. The number of hydrogen-bond acceptors (Lipinski definition) is 4. The molecule has 0 fully saturated rings. The van der Waals surface area contributed by atoms with Gasteiger partial charge in [-0.25, -0.2) is 0 Å². The molecule has 0 amide bonds. The molecule has 1 aliphatic carbocycles. The summed E-state index contributed by atoms with van der Waals surface area (Å²) in [6.07, 6.45) is 5.36. The third kappa shape index (κ3) is 13.0. The average molecular weight is 1330 g/mol. The van der Waals surface area contributed by atoms with Crippen molar-refractivity contribution in [1.29, 1.82) is 0 Å². The van der Waals surface area contributed by atoms with E-state index in [9.17, 15) is 0 Å². The number of aromatic nitrogens is 4. The van der Waals surface area contributed by atoms with Crippen LogP contribution in [0.4, 0.5) is 17.1 Å². The van der Waals surface area contributed by atoms with Gasteiger partial charge in [-0.3, -0.25) is 0 Å². The number of nitrogens with zero attached hydrogens (tertiary/aromatic N) is 5. The molecule has 5 nitrogen and oxygen atoms in total. The van der Waals surface area contributed by atoms with Crippen molar-refractivity contribution in [3.8, 4) is 72.8 Å². The molecule has 11 aromatic carbocycles. The first-order chi connectivity index (χ1) is 43.9. The van der Waals surface area contributed by atoms with E-state index in [1.165, 1.54) is 72.0 Å². The number of benzene rings is 11. The molecule has 90 heavy (non-hydrogen) atoms. The third-order valence-electron chi connectivity index (χ3n) is 16.2. The summed E-state index contributed by atoms with van der Waals surface area (Å²) in [7, 11) is 0. The Morgan fingerprint density at radius 3 is 1.27 bits per heavy atom. The maximum Gasteiger partial charge on any atom is 3.00 e. The van der Waals surface area contributed by atoms with E-state index in [0.29, 0.717) is 0 Å². The number of anilines is 3. The van der Waals surface area contributed by atoms with Crippen molar-refractivity contribution in [2.24, 2.45) is 0 Å². The summed E-state index contributed by atoms with van der Waals surface area (Å²) in [5.41, 5.74) is 23.2. The molecule has 1 aliphatic rings. The van der Waals surface area contributed by atoms with Crippen LogP contribution in [0.25, 0.3) is 94.6 Å². The molecule has 0 N–H and O–H groups in total. The maximum atomic E-state index is 4.22. The minimum atomic E-state index is -0.0864. The van der Waals surface area contributed by atoms with E-state index < -0.39 is 0 Å². The minimum Gasteiger partial charge on any atom is -0.310 e. The molecular weight excluding hydrogens is 1270 g/mol. The van der Waals surface area contributed by atoms with Gasteiger partial charge in [0.15, 0.2) is 0 Å². The number of hydrogen-bond donors (Lipinski definition) is 0. The molecule has 0 saturated carbocycles. The number of pyridine rings is 3. The monoisotopic (exact) mass is 1330 g/mol. The molecule has 0 bridgehead atoms. The van der Waals surface area contributed by atoms with Gasteiger partial charge in [0.05, 0.1) is 11.0 Å². The minimum absolute atomic E-state index is 0. The smallest absolute Gasteiger partial charge is 0.310 e. The zero-order valence-corrected chi connectivity index (χ0v) is 52.3. The molecule has 0 atom stereocenters. The van der Waals surface area contributed by atoms with Gasteiger partial charge in [-0.2, -0.15) is 0 Å². The first-order valence-electron chi connectivity index (χ1n) is 30.0. The summed E-state index contributed by atoms with van der Waals surface area (Å²) >= 11 is 0. The fourth-order valence-electron chi connectivity index (χ4n) is 11.7. The Kier molecular flexibility index (Phi) is 18.4. The summed E-state index contributed by atoms with van der Waals surface area (Å²) in [5.74, 6) is 0. The second-order valence-electron chi connectivity index (χ2n) is 22.1. The van der Waals surface area contributed by atoms with E-state index in [1.54, 1.807) is 18.6 Å². The van der Waals surface area contributed by atoms with Crippen molar-refractivity contribution < 1.29 is 20.1 Å². The van der Waals surface area contributed by atoms with Crippen molar-refractivity contribution in [2.45, 2.75) is 19.3 Å². The fourth-order valence-corrected chi connectivity index (χ4v) is 11.7. The van der Waals surface area contributed by atoms with E-state index in [1.807, 2.05) is 127 Å². The molecule has 0 unspecified atom stereocenters. The first kappa shape index (κ1) is 59.5. The van der Waals surface area contributed by atoms with Gasteiger partial charge in [-0.1, -0.05) is 178 Å². The largest absolute Gasteiger partial charge is 3.00 e. The van der Waals surface area contributed by atoms with Gasteiger partial charge in [0.25, 0.3) is 0 Å². The number of para-hydroxylation sites is 2. The Morgan fingerprint density at radius 2 is 0.744 bits per heavy atom. The van der Waals surface area contributed by atoms with Gasteiger partial charge < -0.3 is 24.4 Å². The van der Waals surface area contributed by atoms with Crippen molar-refractivity contribution >= 4 is 38.9 Å². The first-order valence-corrected chi connectivity index (χ1v) is 30.0. The van der Waals surface area contributed by atoms with Crippen molar-refractivity contribution in [3.63, 3.8) is 0 Å². The van der Waals surface area contributed by atoms with Gasteiger partial charge in [0, 0.05) is 57.5 Å². The zero-order valence-electron chi connectivity index (χ0n) is 49.9. The molecule has 4 heterocycles. The van der Waals surface area contributed by atoms with Crippen molar-refractivity contribution in [1.82, 2.24) is 19.5 Å². The van der Waals surface area contributed by atoms with Gasteiger partial charge in [-0.05, 0) is 147 Å². The Hall–Kier alpha value is -10.9. The summed E-state index contributed by atoms with van der Waals surface area (Å²) < 4.78 is 2.37. The van der Waals surface area contributed by atoms with Crippen LogP contribution in [0.1, 0.15) is 25.0 Å². The summed E-state index contributed by atoms with van der Waals surface area (Å²) in [6.45, 7) is 4.70. The molecule has 15 aromatic rings. The van der Waals surface area contributed by atoms with E-state index in [2.05, 4.69) is 251 Å². The Labute approximate surface area is 541 Å². The SMILES string of the molecule is CC1(C)c2ccccc2-c2ccc(N(c3ccc(-c4ccccc4)cc3)c3ccc(-c4ccc5c(c4)c4ccccc4n5-c4ccccc4)cc3)cc21.[Ir+3].[c-]1ccccc1-c1ccccn1.[c-]1ccccc1-c1ccccn1.[c-]1ccccc1-c1ccccn1. The molecule has 4 aromatic heterocycles. The molecule has 16 rings (SSSR count). The quantitative estimate of drug-likeness (QED) is 0.135. The molecule has 0 radical (unpaired) electrons. The summed E-state index contributed by atoms with van der Waals surface area (Å²) in [6, 6.07) is 121. The predicted octanol–water partition coefficient (Wildman–Crippen LogP) is 21.5. The Morgan fingerprint density at radius 1 is 0.322 bits per heavy atom. The predicted molar refractivity (Wildman–Crippen MR) is 369 cm³/mol. The van der Waals surface area contributed by atoms with Crippen LogP contribution in [0.15, 0.2) is 340 Å². The van der Waals surface area contributed by atoms with Crippen LogP contribution >= 0.6 is 0 Å². The second-order valence-corrected chi connectivity index (χ2v) is 22.1. The third-order valence-corrected chi connectivity index (χ3v) is 16.2. The van der Waals surface area contributed by atoms with E-state index in [4.69, 9.17) is 0 Å². The fraction of sp³-hybridized carbons (Fsp3) is 0.0357. The second kappa shape index (κ2) is 27.9. The molecule has 6 heteroatoms. The van der Waals surface area contributed by atoms with E-state index in [-0.39, 0.29) is 25.5 Å². The van der Waals surface area contributed by atoms with Gasteiger partial charge in [0.2, 0.25) is 0 Å². The summed E-state index contributed by atoms with van der Waals surface area (Å²) in [4.78, 5) is 15.1. The standard InChI is InChI=1S/C51H38N2.3C11H8N.Ir/c1-51(2)47-19-11-9-17-43(47)44-31-30-42(34-48(44)51)52(40-26-21-36(22-27-40)35-13-5-3-6-14-35)41-28-23-37(24-29-41)38-25-32-50-46(33-38)45-18-10-12-20-49(45)53(50)39-15-7-4-8-16-39;3*1-2-6-10(7-3-1)11-8-4-5-9-12-11;/h3-34H,1-2H3;3*1-6,8-9H;/q;3*-1;+3. The Balaban J connectivity index is 0.000000169. The van der Waals surface area contributed by atoms with E-state index in [0.717, 1.165) is 50.8 Å². The van der Waals surface area contributed by atoms with Crippen LogP contribution in [0.3, 0.4) is 0 Å². The van der Waals surface area contributed by atoms with Crippen LogP contribution in [0, 0.1) is 18.2 Å². The van der Waals surface area contributed by atoms with Crippen LogP contribution < -0.4 is 4.90 Å². The summed E-state index contributed by atoms with van der Waals surface area (Å²) in [5, 5.41) is 2.52. The molecule has 0 aliphatic heterocycles. The number of fused-ring (bicyclic) bond motifs is 6. The normalized spacial score (nSPS) is 11.4. The topological polar surface area (TPSA) is 46.8 Å². The van der Waals surface area contributed by atoms with Gasteiger partial charge in [-0.15, -0.1) is 108 Å². The van der Waals surface area contributed by atoms with Crippen molar-refractivity contribution in [2.75, 3.05) is 4.90 Å². The van der Waals surface area contributed by atoms with Crippen LogP contribution in [0.2, 0.25) is 0 Å². The zero-order chi connectivity index (χ0) is 60.2. The Bertz CT molecular complexity index is 4450. The van der Waals surface area contributed by atoms with Crippen LogP contribution in [-0.4, -0.2) is 19.5 Å². The van der Waals surface area contributed by atoms with Gasteiger partial charge >= 0.3 is 20.1 Å². The molecular formula is C84H62IrN5. The molecule has 432 valence electrons. The van der Waals surface area contributed by atoms with Crippen LogP contribution in [-0.2, 0) is 25.5 Å². The van der Waals surface area contributed by atoms with Crippen LogP contribution in [0.5, 0.6) is 0 Å².